The van der Waals surface area contributed by atoms with Crippen LogP contribution in [-0.2, 0) is 0 Å². The summed E-state index contributed by atoms with van der Waals surface area (Å²) in [6.07, 6.45) is 1.69. The van der Waals surface area contributed by atoms with Crippen LogP contribution in [0, 0.1) is 5.92 Å². The molecule has 30 heavy (non-hydrogen) atoms. The van der Waals surface area contributed by atoms with E-state index in [0.29, 0.717) is 24.2 Å². The molecule has 1 fully saturated rings. The molecular weight excluding hydrogens is 378 g/mol. The lowest BCUT2D eigenvalue weighted by atomic mass is 10.0. The van der Waals surface area contributed by atoms with Gasteiger partial charge < -0.3 is 15.4 Å². The molecule has 0 bridgehead atoms. The molecule has 2 N–H and O–H groups in total. The molecule has 1 aliphatic heterocycles. The van der Waals surface area contributed by atoms with Crippen molar-refractivity contribution in [2.24, 2.45) is 5.92 Å². The van der Waals surface area contributed by atoms with Crippen LogP contribution in [0.4, 0.5) is 16.6 Å². The van der Waals surface area contributed by atoms with Crippen LogP contribution in [0.3, 0.4) is 0 Å². The molecule has 3 aromatic rings. The van der Waals surface area contributed by atoms with Crippen LogP contribution in [0.5, 0.6) is 5.75 Å². The molecule has 0 saturated carbocycles. The predicted molar refractivity (Wildman–Crippen MR) is 119 cm³/mol. The van der Waals surface area contributed by atoms with E-state index in [1.54, 1.807) is 24.3 Å². The van der Waals surface area contributed by atoms with Gasteiger partial charge in [-0.15, -0.1) is 0 Å². The smallest absolute Gasteiger partial charge is 0.323 e. The molecule has 7 nitrogen and oxygen atoms in total. The standard InChI is InChI=1S/C23H27N5O2/c1-14(2)20-13-25-23(29)28(20)21-9-10-24-22(27-21)26-15(3)16-5-6-18-12-19(30-4)8-7-17(18)11-16/h5-12,14-15,20H,13H2,1-4H3,(H,25,29)(H,24,26,27)/t15?,20-/m1/s1. The Morgan fingerprint density at radius 2 is 1.90 bits per heavy atom. The van der Waals surface area contributed by atoms with Crippen LogP contribution in [0.2, 0.25) is 0 Å². The highest BCUT2D eigenvalue weighted by atomic mass is 16.5. The Morgan fingerprint density at radius 1 is 1.13 bits per heavy atom. The number of hydrogen-bond acceptors (Lipinski definition) is 5. The topological polar surface area (TPSA) is 79.4 Å². The summed E-state index contributed by atoms with van der Waals surface area (Å²) in [6, 6.07) is 14.1. The number of nitrogens with one attached hydrogen (secondary N) is 2. The average Bonchev–Trinajstić information content (AvgIpc) is 3.15. The van der Waals surface area contributed by atoms with E-state index in [-0.39, 0.29) is 18.1 Å². The lowest BCUT2D eigenvalue weighted by Gasteiger charge is -2.25. The summed E-state index contributed by atoms with van der Waals surface area (Å²) >= 11 is 0. The summed E-state index contributed by atoms with van der Waals surface area (Å²) in [7, 11) is 1.67. The normalized spacial score (nSPS) is 17.3. The van der Waals surface area contributed by atoms with Gasteiger partial charge in [-0.25, -0.2) is 9.78 Å². The van der Waals surface area contributed by atoms with Crippen molar-refractivity contribution in [3.8, 4) is 5.75 Å². The number of fused-ring (bicyclic) bond motifs is 1. The first-order chi connectivity index (χ1) is 14.5. The van der Waals surface area contributed by atoms with Crippen molar-refractivity contribution in [2.45, 2.75) is 32.9 Å². The molecule has 1 saturated heterocycles. The number of aromatic nitrogens is 2. The maximum Gasteiger partial charge on any atom is 0.323 e. The number of hydrogen-bond donors (Lipinski definition) is 2. The number of carbonyl (C=O) groups is 1. The second-order valence-electron chi connectivity index (χ2n) is 7.94. The van der Waals surface area contributed by atoms with Gasteiger partial charge in [0, 0.05) is 12.7 Å². The fraction of sp³-hybridized carbons (Fsp3) is 0.348. The van der Waals surface area contributed by atoms with E-state index < -0.39 is 0 Å². The van der Waals surface area contributed by atoms with Gasteiger partial charge >= 0.3 is 6.03 Å². The van der Waals surface area contributed by atoms with Crippen molar-refractivity contribution in [1.82, 2.24) is 15.3 Å². The largest absolute Gasteiger partial charge is 0.497 e. The van der Waals surface area contributed by atoms with Gasteiger partial charge in [0.05, 0.1) is 19.2 Å². The van der Waals surface area contributed by atoms with E-state index in [9.17, 15) is 4.79 Å². The van der Waals surface area contributed by atoms with Crippen LogP contribution in [0.15, 0.2) is 48.7 Å². The third-order valence-corrected chi connectivity index (χ3v) is 5.59. The highest BCUT2D eigenvalue weighted by Gasteiger charge is 2.34. The highest BCUT2D eigenvalue weighted by molar-refractivity contribution is 5.94. The zero-order valence-electron chi connectivity index (χ0n) is 17.7. The molecular formula is C23H27N5O2. The SMILES string of the molecule is COc1ccc2cc(C(C)Nc3nccc(N4C(=O)NC[C@@H]4C(C)C)n3)ccc2c1. The summed E-state index contributed by atoms with van der Waals surface area (Å²) in [6.45, 7) is 6.91. The predicted octanol–water partition coefficient (Wildman–Crippen LogP) is 4.37. The van der Waals surface area contributed by atoms with Crippen LogP contribution < -0.4 is 20.3 Å². The Bertz CT molecular complexity index is 1070. The number of urea groups is 1. The van der Waals surface area contributed by atoms with Gasteiger partial charge in [0.15, 0.2) is 0 Å². The molecule has 2 atom stereocenters. The second kappa shape index (κ2) is 8.18. The molecule has 0 radical (unpaired) electrons. The van der Waals surface area contributed by atoms with Crippen molar-refractivity contribution >= 4 is 28.6 Å². The maximum atomic E-state index is 12.3. The number of carbonyl (C=O) groups excluding carboxylic acids is 1. The van der Waals surface area contributed by atoms with Crippen molar-refractivity contribution in [2.75, 3.05) is 23.9 Å². The lowest BCUT2D eigenvalue weighted by molar-refractivity contribution is 0.251. The fourth-order valence-electron chi connectivity index (χ4n) is 3.80. The van der Waals surface area contributed by atoms with Crippen LogP contribution in [-0.4, -0.2) is 35.7 Å². The Balaban J connectivity index is 1.55. The Labute approximate surface area is 176 Å². The number of ether oxygens (including phenoxy) is 1. The van der Waals surface area contributed by atoms with Gasteiger partial charge in [-0.2, -0.15) is 4.98 Å². The van der Waals surface area contributed by atoms with Crippen LogP contribution in [0.25, 0.3) is 10.8 Å². The summed E-state index contributed by atoms with van der Waals surface area (Å²) in [4.78, 5) is 23.0. The third-order valence-electron chi connectivity index (χ3n) is 5.59. The monoisotopic (exact) mass is 405 g/mol. The van der Waals surface area contributed by atoms with Gasteiger partial charge in [0.2, 0.25) is 5.95 Å². The third kappa shape index (κ3) is 3.87. The Morgan fingerprint density at radius 3 is 2.67 bits per heavy atom. The first kappa shape index (κ1) is 19.9. The van der Waals surface area contributed by atoms with Crippen molar-refractivity contribution in [3.05, 3.63) is 54.2 Å². The maximum absolute atomic E-state index is 12.3. The molecule has 156 valence electrons. The van der Waals surface area contributed by atoms with Gasteiger partial charge in [-0.1, -0.05) is 32.0 Å². The van der Waals surface area contributed by atoms with E-state index >= 15 is 0 Å². The lowest BCUT2D eigenvalue weighted by Crippen LogP contribution is -2.38. The minimum atomic E-state index is -0.114. The van der Waals surface area contributed by atoms with Crippen molar-refractivity contribution in [3.63, 3.8) is 0 Å². The van der Waals surface area contributed by atoms with Gasteiger partial charge in [-0.05, 0) is 53.4 Å². The second-order valence-corrected chi connectivity index (χ2v) is 7.94. The number of rotatable bonds is 6. The quantitative estimate of drug-likeness (QED) is 0.637. The Kier molecular flexibility index (Phi) is 5.44. The van der Waals surface area contributed by atoms with E-state index in [4.69, 9.17) is 4.74 Å². The summed E-state index contributed by atoms with van der Waals surface area (Å²) in [5, 5.41) is 8.54. The number of amides is 2. The number of anilines is 2. The van der Waals surface area contributed by atoms with Crippen LogP contribution in [0.1, 0.15) is 32.4 Å². The van der Waals surface area contributed by atoms with Crippen molar-refractivity contribution in [1.29, 1.82) is 0 Å². The summed E-state index contributed by atoms with van der Waals surface area (Å²) < 4.78 is 5.30. The average molecular weight is 406 g/mol. The first-order valence-corrected chi connectivity index (χ1v) is 10.2. The fourth-order valence-corrected chi connectivity index (χ4v) is 3.80. The minimum absolute atomic E-state index is 0.0000481. The van der Waals surface area contributed by atoms with E-state index in [1.807, 2.05) is 12.1 Å². The number of methoxy groups -OCH3 is 1. The highest BCUT2D eigenvalue weighted by Crippen LogP contribution is 2.27. The minimum Gasteiger partial charge on any atom is -0.497 e. The number of nitrogens with zero attached hydrogens (tertiary/aromatic N) is 3. The zero-order valence-corrected chi connectivity index (χ0v) is 17.7. The molecule has 2 amide bonds. The van der Waals surface area contributed by atoms with Gasteiger partial charge in [0.25, 0.3) is 0 Å². The van der Waals surface area contributed by atoms with E-state index in [0.717, 1.165) is 22.1 Å². The summed E-state index contributed by atoms with van der Waals surface area (Å²) in [5.74, 6) is 2.28. The zero-order chi connectivity index (χ0) is 21.3. The van der Waals surface area contributed by atoms with Gasteiger partial charge in [0.1, 0.15) is 11.6 Å². The molecule has 1 aromatic heterocycles. The molecule has 2 heterocycles. The van der Waals surface area contributed by atoms with Crippen LogP contribution >= 0.6 is 0 Å². The van der Waals surface area contributed by atoms with Crippen molar-refractivity contribution < 1.29 is 9.53 Å². The molecule has 7 heteroatoms. The molecule has 4 rings (SSSR count). The molecule has 2 aromatic carbocycles. The van der Waals surface area contributed by atoms with E-state index in [2.05, 4.69) is 65.6 Å². The molecule has 0 spiro atoms. The van der Waals surface area contributed by atoms with Gasteiger partial charge in [-0.3, -0.25) is 4.90 Å². The Hall–Kier alpha value is -3.35. The molecule has 1 aliphatic rings. The van der Waals surface area contributed by atoms with E-state index in [1.165, 1.54) is 0 Å². The molecule has 0 aliphatic carbocycles. The summed E-state index contributed by atoms with van der Waals surface area (Å²) in [5.41, 5.74) is 1.13. The number of benzene rings is 2. The molecule has 1 unspecified atom stereocenters. The first-order valence-electron chi connectivity index (χ1n) is 10.2.